The summed E-state index contributed by atoms with van der Waals surface area (Å²) in [7, 11) is 0. The average Bonchev–Trinajstić information content (AvgIpc) is 3.12. The van der Waals surface area contributed by atoms with Crippen LogP contribution in [0.25, 0.3) is 0 Å². The molecule has 6 nitrogen and oxygen atoms in total. The summed E-state index contributed by atoms with van der Waals surface area (Å²) < 4.78 is 5.56. The SMILES string of the molecule is Cc1cc(C(C)NC(=O)N2CCN(Cc3csc(C)n3)CC2)c(C)o1. The molecular weight excluding hydrogens is 336 g/mol. The largest absolute Gasteiger partial charge is 0.466 e. The number of piperazine rings is 1. The van der Waals surface area contributed by atoms with Crippen LogP contribution >= 0.6 is 11.3 Å². The maximum atomic E-state index is 12.5. The highest BCUT2D eigenvalue weighted by molar-refractivity contribution is 7.09. The van der Waals surface area contributed by atoms with Crippen LogP contribution in [-0.4, -0.2) is 47.0 Å². The van der Waals surface area contributed by atoms with E-state index in [-0.39, 0.29) is 12.1 Å². The molecule has 1 aliphatic heterocycles. The van der Waals surface area contributed by atoms with Crippen molar-refractivity contribution in [1.29, 1.82) is 0 Å². The van der Waals surface area contributed by atoms with Crippen LogP contribution in [0.5, 0.6) is 0 Å². The summed E-state index contributed by atoms with van der Waals surface area (Å²) in [5.41, 5.74) is 2.17. The quantitative estimate of drug-likeness (QED) is 0.907. The van der Waals surface area contributed by atoms with Gasteiger partial charge in [-0.25, -0.2) is 9.78 Å². The number of urea groups is 1. The number of thiazole rings is 1. The summed E-state index contributed by atoms with van der Waals surface area (Å²) in [4.78, 5) is 21.3. The summed E-state index contributed by atoms with van der Waals surface area (Å²) >= 11 is 1.69. The van der Waals surface area contributed by atoms with Gasteiger partial charge in [0.25, 0.3) is 0 Å². The number of rotatable bonds is 4. The van der Waals surface area contributed by atoms with E-state index in [0.29, 0.717) is 0 Å². The van der Waals surface area contributed by atoms with Crippen LogP contribution in [0.2, 0.25) is 0 Å². The van der Waals surface area contributed by atoms with Crippen molar-refractivity contribution in [3.63, 3.8) is 0 Å². The predicted octanol–water partition coefficient (Wildman–Crippen LogP) is 3.25. The molecule has 1 unspecified atom stereocenters. The number of amides is 2. The molecule has 25 heavy (non-hydrogen) atoms. The molecule has 1 fully saturated rings. The summed E-state index contributed by atoms with van der Waals surface area (Å²) in [6, 6.07) is 1.93. The number of aryl methyl sites for hydroxylation is 3. The van der Waals surface area contributed by atoms with Crippen molar-refractivity contribution in [2.75, 3.05) is 26.2 Å². The van der Waals surface area contributed by atoms with Gasteiger partial charge in [-0.2, -0.15) is 0 Å². The third-order valence-electron chi connectivity index (χ3n) is 4.60. The molecule has 1 aliphatic rings. The number of aromatic nitrogens is 1. The second kappa shape index (κ2) is 7.58. The Bertz CT molecular complexity index is 731. The Balaban J connectivity index is 1.48. The van der Waals surface area contributed by atoms with Crippen molar-refractivity contribution in [3.05, 3.63) is 39.2 Å². The fraction of sp³-hybridized carbons (Fsp3) is 0.556. The molecule has 7 heteroatoms. The first-order chi connectivity index (χ1) is 11.9. The lowest BCUT2D eigenvalue weighted by atomic mass is 10.1. The number of furan rings is 1. The minimum Gasteiger partial charge on any atom is -0.466 e. The molecule has 2 aromatic rings. The lowest BCUT2D eigenvalue weighted by molar-refractivity contribution is 0.133. The molecule has 0 spiro atoms. The van der Waals surface area contributed by atoms with Crippen LogP contribution in [0, 0.1) is 20.8 Å². The van der Waals surface area contributed by atoms with E-state index in [1.807, 2.05) is 38.7 Å². The molecule has 1 saturated heterocycles. The van der Waals surface area contributed by atoms with Crippen LogP contribution in [0.3, 0.4) is 0 Å². The van der Waals surface area contributed by atoms with Crippen LogP contribution in [0.4, 0.5) is 4.79 Å². The molecule has 3 heterocycles. The fourth-order valence-corrected chi connectivity index (χ4v) is 3.86. The van der Waals surface area contributed by atoms with Crippen molar-refractivity contribution in [2.45, 2.75) is 40.3 Å². The van der Waals surface area contributed by atoms with Crippen LogP contribution in [-0.2, 0) is 6.54 Å². The predicted molar refractivity (Wildman–Crippen MR) is 98.8 cm³/mol. The van der Waals surface area contributed by atoms with Gasteiger partial charge in [0.05, 0.1) is 16.7 Å². The Hall–Kier alpha value is -1.86. The maximum absolute atomic E-state index is 12.5. The van der Waals surface area contributed by atoms with Crippen LogP contribution in [0.15, 0.2) is 15.9 Å². The van der Waals surface area contributed by atoms with Gasteiger partial charge in [-0.1, -0.05) is 0 Å². The van der Waals surface area contributed by atoms with E-state index in [2.05, 4.69) is 20.6 Å². The van der Waals surface area contributed by atoms with Crippen molar-refractivity contribution >= 4 is 17.4 Å². The van der Waals surface area contributed by atoms with Gasteiger partial charge in [-0.15, -0.1) is 11.3 Å². The highest BCUT2D eigenvalue weighted by Gasteiger charge is 2.23. The molecule has 2 aromatic heterocycles. The molecule has 1 atom stereocenters. The smallest absolute Gasteiger partial charge is 0.317 e. The monoisotopic (exact) mass is 362 g/mol. The van der Waals surface area contributed by atoms with Gasteiger partial charge in [0.2, 0.25) is 0 Å². The Kier molecular flexibility index (Phi) is 5.44. The first-order valence-corrected chi connectivity index (χ1v) is 9.56. The topological polar surface area (TPSA) is 61.6 Å². The molecule has 0 aromatic carbocycles. The van der Waals surface area contributed by atoms with E-state index in [1.165, 1.54) is 0 Å². The van der Waals surface area contributed by atoms with Gasteiger partial charge in [-0.05, 0) is 33.8 Å². The molecule has 2 amide bonds. The van der Waals surface area contributed by atoms with Crippen LogP contribution in [0.1, 0.15) is 40.8 Å². The molecular formula is C18H26N4O2S. The van der Waals surface area contributed by atoms with Gasteiger partial charge in [0.1, 0.15) is 11.5 Å². The average molecular weight is 362 g/mol. The van der Waals surface area contributed by atoms with E-state index in [9.17, 15) is 4.79 Å². The highest BCUT2D eigenvalue weighted by Crippen LogP contribution is 2.21. The van der Waals surface area contributed by atoms with E-state index in [4.69, 9.17) is 4.42 Å². The standard InChI is InChI=1S/C18H26N4O2S/c1-12-9-17(14(3)24-12)13(2)19-18(23)22-7-5-21(6-8-22)10-16-11-25-15(4)20-16/h9,11,13H,5-8,10H2,1-4H3,(H,19,23). The van der Waals surface area contributed by atoms with Gasteiger partial charge in [-0.3, -0.25) is 4.90 Å². The molecule has 0 radical (unpaired) electrons. The first kappa shape index (κ1) is 17.9. The second-order valence-corrected chi connectivity index (χ2v) is 7.72. The number of nitrogens with one attached hydrogen (secondary N) is 1. The molecule has 0 bridgehead atoms. The molecule has 0 saturated carbocycles. The Morgan fingerprint density at radius 1 is 1.32 bits per heavy atom. The zero-order chi connectivity index (χ0) is 18.0. The number of hydrogen-bond donors (Lipinski definition) is 1. The van der Waals surface area contributed by atoms with Crippen molar-refractivity contribution in [3.8, 4) is 0 Å². The number of carbonyl (C=O) groups is 1. The summed E-state index contributed by atoms with van der Waals surface area (Å²) in [5, 5.41) is 6.31. The Labute approximate surface area is 152 Å². The van der Waals surface area contributed by atoms with Crippen molar-refractivity contribution in [2.24, 2.45) is 0 Å². The highest BCUT2D eigenvalue weighted by atomic mass is 32.1. The van der Waals surface area contributed by atoms with E-state index >= 15 is 0 Å². The molecule has 1 N–H and O–H groups in total. The number of carbonyl (C=O) groups excluding carboxylic acids is 1. The van der Waals surface area contributed by atoms with Crippen molar-refractivity contribution in [1.82, 2.24) is 20.1 Å². The Morgan fingerprint density at radius 2 is 2.04 bits per heavy atom. The fourth-order valence-electron chi connectivity index (χ4n) is 3.25. The lowest BCUT2D eigenvalue weighted by Gasteiger charge is -2.35. The van der Waals surface area contributed by atoms with Gasteiger partial charge < -0.3 is 14.6 Å². The second-order valence-electron chi connectivity index (χ2n) is 6.66. The third-order valence-corrected chi connectivity index (χ3v) is 5.42. The number of hydrogen-bond acceptors (Lipinski definition) is 5. The minimum atomic E-state index is -0.0547. The molecule has 0 aliphatic carbocycles. The van der Waals surface area contributed by atoms with Gasteiger partial charge >= 0.3 is 6.03 Å². The third kappa shape index (κ3) is 4.41. The molecule has 3 rings (SSSR count). The summed E-state index contributed by atoms with van der Waals surface area (Å²) in [5.74, 6) is 1.74. The number of nitrogens with zero attached hydrogens (tertiary/aromatic N) is 3. The maximum Gasteiger partial charge on any atom is 0.317 e. The van der Waals surface area contributed by atoms with Gasteiger partial charge in [0, 0.05) is 43.7 Å². The first-order valence-electron chi connectivity index (χ1n) is 8.68. The zero-order valence-corrected chi connectivity index (χ0v) is 16.2. The summed E-state index contributed by atoms with van der Waals surface area (Å²) in [6.45, 7) is 12.0. The van der Waals surface area contributed by atoms with E-state index in [1.54, 1.807) is 11.3 Å². The van der Waals surface area contributed by atoms with Crippen molar-refractivity contribution < 1.29 is 9.21 Å². The normalized spacial score (nSPS) is 16.9. The van der Waals surface area contributed by atoms with E-state index in [0.717, 1.165) is 60.5 Å². The lowest BCUT2D eigenvalue weighted by Crippen LogP contribution is -2.51. The summed E-state index contributed by atoms with van der Waals surface area (Å²) in [6.07, 6.45) is 0. The Morgan fingerprint density at radius 3 is 2.60 bits per heavy atom. The minimum absolute atomic E-state index is 0.00472. The van der Waals surface area contributed by atoms with Gasteiger partial charge in [0.15, 0.2) is 0 Å². The van der Waals surface area contributed by atoms with Crippen LogP contribution < -0.4 is 5.32 Å². The molecule has 136 valence electrons. The van der Waals surface area contributed by atoms with E-state index < -0.39 is 0 Å². The zero-order valence-electron chi connectivity index (χ0n) is 15.3.